The summed E-state index contributed by atoms with van der Waals surface area (Å²) < 4.78 is 0. The van der Waals surface area contributed by atoms with Crippen molar-refractivity contribution in [3.8, 4) is 0 Å². The number of hydrogen-bond acceptors (Lipinski definition) is 7. The van der Waals surface area contributed by atoms with Gasteiger partial charge in [-0.1, -0.05) is 13.8 Å². The van der Waals surface area contributed by atoms with Gasteiger partial charge in [0.1, 0.15) is 18.1 Å². The van der Waals surface area contributed by atoms with Gasteiger partial charge in [0.15, 0.2) is 5.96 Å². The highest BCUT2D eigenvalue weighted by Gasteiger charge is 2.28. The topological polar surface area (TPSA) is 215 Å². The van der Waals surface area contributed by atoms with E-state index in [-0.39, 0.29) is 18.3 Å². The molecule has 4 atom stereocenters. The van der Waals surface area contributed by atoms with E-state index in [2.05, 4.69) is 20.9 Å². The van der Waals surface area contributed by atoms with Crippen LogP contribution in [0.4, 0.5) is 0 Å². The molecule has 0 radical (unpaired) electrons. The van der Waals surface area contributed by atoms with Crippen LogP contribution in [0.3, 0.4) is 0 Å². The number of nitrogens with one attached hydrogen (secondary N) is 3. The van der Waals surface area contributed by atoms with Crippen molar-refractivity contribution < 1.29 is 24.3 Å². The van der Waals surface area contributed by atoms with Gasteiger partial charge < -0.3 is 38.3 Å². The number of aliphatic imine (C=N–C) groups is 1. The van der Waals surface area contributed by atoms with Crippen molar-refractivity contribution in [2.24, 2.45) is 28.1 Å². The van der Waals surface area contributed by atoms with E-state index in [1.54, 1.807) is 0 Å². The second-order valence-electron chi connectivity index (χ2n) is 8.16. The first kappa shape index (κ1) is 30.5. The Bertz CT molecular complexity index is 686. The number of amides is 3. The number of nitrogens with zero attached hydrogens (tertiary/aromatic N) is 1. The van der Waals surface area contributed by atoms with E-state index in [1.165, 1.54) is 18.7 Å². The average molecular weight is 490 g/mol. The molecule has 0 aromatic carbocycles. The lowest BCUT2D eigenvalue weighted by atomic mass is 10.0. The van der Waals surface area contributed by atoms with Crippen molar-refractivity contribution in [1.29, 1.82) is 0 Å². The van der Waals surface area contributed by atoms with Crippen LogP contribution in [0.1, 0.15) is 46.5 Å². The summed E-state index contributed by atoms with van der Waals surface area (Å²) >= 11 is 1.50. The van der Waals surface area contributed by atoms with Gasteiger partial charge in [0, 0.05) is 6.54 Å². The normalized spacial score (nSPS) is 14.5. The van der Waals surface area contributed by atoms with Gasteiger partial charge >= 0.3 is 5.97 Å². The van der Waals surface area contributed by atoms with Gasteiger partial charge in [-0.25, -0.2) is 4.79 Å². The zero-order valence-electron chi connectivity index (χ0n) is 19.8. The maximum absolute atomic E-state index is 12.7. The monoisotopic (exact) mass is 489 g/mol. The summed E-state index contributed by atoms with van der Waals surface area (Å²) in [6.45, 7) is 5.47. The summed E-state index contributed by atoms with van der Waals surface area (Å²) in [6.07, 6.45) is 3.27. The lowest BCUT2D eigenvalue weighted by Gasteiger charge is -2.23. The first-order valence-corrected chi connectivity index (χ1v) is 12.2. The van der Waals surface area contributed by atoms with E-state index in [9.17, 15) is 24.3 Å². The molecule has 13 heteroatoms. The Morgan fingerprint density at radius 1 is 0.939 bits per heavy atom. The SMILES string of the molecule is CSCCC(NC(=O)C(N)CCCN=C(N)N)C(=O)NC(C)C(=O)NC(CC(C)C)C(=O)O. The second kappa shape index (κ2) is 16.1. The van der Waals surface area contributed by atoms with Crippen LogP contribution in [0.5, 0.6) is 0 Å². The number of rotatable bonds is 16. The summed E-state index contributed by atoms with van der Waals surface area (Å²) in [7, 11) is 0. The van der Waals surface area contributed by atoms with Gasteiger partial charge in [-0.2, -0.15) is 11.8 Å². The minimum absolute atomic E-state index is 0.0427. The molecule has 0 saturated carbocycles. The average Bonchev–Trinajstić information content (AvgIpc) is 2.72. The van der Waals surface area contributed by atoms with Crippen LogP contribution in [-0.4, -0.2) is 77.5 Å². The van der Waals surface area contributed by atoms with E-state index in [0.29, 0.717) is 31.6 Å². The smallest absolute Gasteiger partial charge is 0.326 e. The largest absolute Gasteiger partial charge is 0.480 e. The van der Waals surface area contributed by atoms with Crippen LogP contribution in [0, 0.1) is 5.92 Å². The molecule has 0 bridgehead atoms. The molecule has 12 nitrogen and oxygen atoms in total. The van der Waals surface area contributed by atoms with E-state index in [1.807, 2.05) is 20.1 Å². The zero-order valence-corrected chi connectivity index (χ0v) is 20.6. The maximum Gasteiger partial charge on any atom is 0.326 e. The van der Waals surface area contributed by atoms with Crippen molar-refractivity contribution in [1.82, 2.24) is 16.0 Å². The molecule has 4 unspecified atom stereocenters. The molecule has 0 heterocycles. The summed E-state index contributed by atoms with van der Waals surface area (Å²) in [5.74, 6) is -2.21. The highest BCUT2D eigenvalue weighted by molar-refractivity contribution is 7.98. The van der Waals surface area contributed by atoms with Gasteiger partial charge in [0.2, 0.25) is 17.7 Å². The molecule has 0 spiro atoms. The number of thioether (sulfide) groups is 1. The molecule has 0 saturated heterocycles. The number of carbonyl (C=O) groups excluding carboxylic acids is 3. The third-order valence-corrected chi connectivity index (χ3v) is 5.27. The van der Waals surface area contributed by atoms with E-state index in [0.717, 1.165) is 0 Å². The Hall–Kier alpha value is -2.54. The van der Waals surface area contributed by atoms with Gasteiger partial charge in [-0.15, -0.1) is 0 Å². The summed E-state index contributed by atoms with van der Waals surface area (Å²) in [6, 6.07) is -3.79. The maximum atomic E-state index is 12.7. The second-order valence-corrected chi connectivity index (χ2v) is 9.14. The minimum atomic E-state index is -1.14. The highest BCUT2D eigenvalue weighted by Crippen LogP contribution is 2.06. The molecular weight excluding hydrogens is 450 g/mol. The number of aliphatic carboxylic acids is 1. The Morgan fingerprint density at radius 2 is 1.55 bits per heavy atom. The molecule has 0 aliphatic rings. The predicted octanol–water partition coefficient (Wildman–Crippen LogP) is -1.27. The highest BCUT2D eigenvalue weighted by atomic mass is 32.2. The Kier molecular flexibility index (Phi) is 14.9. The lowest BCUT2D eigenvalue weighted by molar-refractivity contribution is -0.142. The quantitative estimate of drug-likeness (QED) is 0.0779. The van der Waals surface area contributed by atoms with Crippen molar-refractivity contribution in [3.05, 3.63) is 0 Å². The molecule has 33 heavy (non-hydrogen) atoms. The Balaban J connectivity index is 4.96. The van der Waals surface area contributed by atoms with Crippen molar-refractivity contribution in [3.63, 3.8) is 0 Å². The summed E-state index contributed by atoms with van der Waals surface area (Å²) in [5.41, 5.74) is 16.4. The van der Waals surface area contributed by atoms with E-state index in [4.69, 9.17) is 17.2 Å². The first-order chi connectivity index (χ1) is 15.4. The Labute approximate surface area is 199 Å². The van der Waals surface area contributed by atoms with Crippen molar-refractivity contribution >= 4 is 41.4 Å². The summed E-state index contributed by atoms with van der Waals surface area (Å²) in [4.78, 5) is 52.8. The number of nitrogens with two attached hydrogens (primary N) is 3. The minimum Gasteiger partial charge on any atom is -0.480 e. The molecule has 190 valence electrons. The van der Waals surface area contributed by atoms with Crippen LogP contribution < -0.4 is 33.2 Å². The fraction of sp³-hybridized carbons (Fsp3) is 0.750. The van der Waals surface area contributed by atoms with Gasteiger partial charge in [-0.3, -0.25) is 19.4 Å². The van der Waals surface area contributed by atoms with Gasteiger partial charge in [0.05, 0.1) is 6.04 Å². The van der Waals surface area contributed by atoms with Crippen molar-refractivity contribution in [2.75, 3.05) is 18.6 Å². The van der Waals surface area contributed by atoms with Crippen LogP contribution >= 0.6 is 11.8 Å². The van der Waals surface area contributed by atoms with Crippen LogP contribution in [0.25, 0.3) is 0 Å². The summed E-state index contributed by atoms with van der Waals surface area (Å²) in [5, 5.41) is 16.9. The predicted molar refractivity (Wildman–Crippen MR) is 129 cm³/mol. The third kappa shape index (κ3) is 13.6. The number of guanidine groups is 1. The standard InChI is InChI=1S/C20H39N7O5S/c1-11(2)10-15(19(31)32)27-16(28)12(3)25-18(30)14(7-9-33-4)26-17(29)13(21)6-5-8-24-20(22)23/h11-15H,5-10,21H2,1-4H3,(H,25,30)(H,26,29)(H,27,28)(H,31,32)(H4,22,23,24). The van der Waals surface area contributed by atoms with Crippen LogP contribution in [-0.2, 0) is 19.2 Å². The van der Waals surface area contributed by atoms with Gasteiger partial charge in [0.25, 0.3) is 0 Å². The molecule has 0 aromatic heterocycles. The third-order valence-electron chi connectivity index (χ3n) is 4.62. The van der Waals surface area contributed by atoms with Crippen molar-refractivity contribution in [2.45, 2.75) is 70.6 Å². The molecule has 0 aliphatic carbocycles. The lowest BCUT2D eigenvalue weighted by Crippen LogP contribution is -2.56. The molecule has 10 N–H and O–H groups in total. The fourth-order valence-corrected chi connectivity index (χ4v) is 3.27. The number of carboxylic acid groups (broad SMARTS) is 1. The molecule has 3 amide bonds. The number of carbonyl (C=O) groups is 4. The molecular formula is C20H39N7O5S. The van der Waals surface area contributed by atoms with Crippen LogP contribution in [0.15, 0.2) is 4.99 Å². The molecule has 0 aromatic rings. The van der Waals surface area contributed by atoms with Gasteiger partial charge in [-0.05, 0) is 50.5 Å². The van der Waals surface area contributed by atoms with E-state index < -0.39 is 47.9 Å². The molecule has 0 fully saturated rings. The first-order valence-electron chi connectivity index (χ1n) is 10.8. The zero-order chi connectivity index (χ0) is 25.6. The number of carboxylic acids is 1. The molecule has 0 rings (SSSR count). The van der Waals surface area contributed by atoms with E-state index >= 15 is 0 Å². The molecule has 0 aliphatic heterocycles. The fourth-order valence-electron chi connectivity index (χ4n) is 2.80. The number of hydrogen-bond donors (Lipinski definition) is 7. The van der Waals surface area contributed by atoms with Crippen LogP contribution in [0.2, 0.25) is 0 Å². The Morgan fingerprint density at radius 3 is 2.06 bits per heavy atom.